The second kappa shape index (κ2) is 24.0. The van der Waals surface area contributed by atoms with Gasteiger partial charge in [-0.05, 0) is 72.5 Å². The van der Waals surface area contributed by atoms with E-state index in [1.54, 1.807) is 13.2 Å². The van der Waals surface area contributed by atoms with E-state index in [9.17, 15) is 28.8 Å². The molecule has 0 aliphatic heterocycles. The predicted molar refractivity (Wildman–Crippen MR) is 265 cm³/mol. The molecular weight excluding hydrogens is 859 g/mol. The van der Waals surface area contributed by atoms with Crippen LogP contribution in [-0.2, 0) is 54.5 Å². The molecule has 358 valence electrons. The molecule has 4 aromatic carbocycles. The molecule has 0 bridgehead atoms. The number of carbonyl (C=O) groups excluding carboxylic acids is 6. The topological polar surface area (TPSA) is 232 Å². The Labute approximate surface area is 397 Å². The molecule has 6 aromatic rings. The zero-order valence-electron chi connectivity index (χ0n) is 39.4. The van der Waals surface area contributed by atoms with Crippen molar-refractivity contribution >= 4 is 57.2 Å². The van der Waals surface area contributed by atoms with Crippen molar-refractivity contribution in [3.63, 3.8) is 0 Å². The summed E-state index contributed by atoms with van der Waals surface area (Å²) in [6.45, 7) is 7.63. The number of nitrogens with two attached hydrogens (primary N) is 1. The number of rotatable bonds is 24. The Balaban J connectivity index is 1.31. The number of benzene rings is 4. The Morgan fingerprint density at radius 3 is 1.21 bits per heavy atom. The van der Waals surface area contributed by atoms with Gasteiger partial charge in [0.25, 0.3) is 0 Å². The van der Waals surface area contributed by atoms with Gasteiger partial charge in [-0.25, -0.2) is 0 Å². The van der Waals surface area contributed by atoms with Gasteiger partial charge in [-0.1, -0.05) is 125 Å². The smallest absolute Gasteiger partial charge is 0.243 e. The van der Waals surface area contributed by atoms with Crippen molar-refractivity contribution in [2.45, 2.75) is 102 Å². The van der Waals surface area contributed by atoms with Crippen LogP contribution in [0.2, 0.25) is 0 Å². The van der Waals surface area contributed by atoms with Gasteiger partial charge < -0.3 is 47.6 Å². The van der Waals surface area contributed by atoms with Gasteiger partial charge in [-0.2, -0.15) is 0 Å². The summed E-state index contributed by atoms with van der Waals surface area (Å²) in [5.41, 5.74) is 10.6. The lowest BCUT2D eigenvalue weighted by atomic mass is 9.98. The molecular formula is C53H65N9O6. The molecule has 0 radical (unpaired) electrons. The van der Waals surface area contributed by atoms with Crippen LogP contribution in [0.5, 0.6) is 0 Å². The number of carbonyl (C=O) groups is 6. The van der Waals surface area contributed by atoms with Gasteiger partial charge in [-0.3, -0.25) is 28.8 Å². The summed E-state index contributed by atoms with van der Waals surface area (Å²) in [6, 6.07) is 27.7. The van der Waals surface area contributed by atoms with Gasteiger partial charge in [0, 0.05) is 53.5 Å². The Bertz CT molecular complexity index is 2640. The average Bonchev–Trinajstić information content (AvgIpc) is 3.93. The molecule has 0 aliphatic rings. The highest BCUT2D eigenvalue weighted by molar-refractivity contribution is 5.97. The molecule has 0 fully saturated rings. The molecule has 10 N–H and O–H groups in total. The first-order valence-corrected chi connectivity index (χ1v) is 23.3. The number of aromatic nitrogens is 2. The number of nitrogens with one attached hydrogen (secondary N) is 8. The van der Waals surface area contributed by atoms with E-state index in [-0.39, 0.29) is 37.5 Å². The van der Waals surface area contributed by atoms with Gasteiger partial charge in [0.05, 0.1) is 6.04 Å². The molecule has 6 amide bonds. The van der Waals surface area contributed by atoms with Crippen LogP contribution < -0.4 is 37.6 Å². The second-order valence-electron chi connectivity index (χ2n) is 18.3. The maximum absolute atomic E-state index is 14.9. The Morgan fingerprint density at radius 2 is 0.779 bits per heavy atom. The minimum Gasteiger partial charge on any atom is -0.368 e. The molecule has 0 saturated heterocycles. The number of amides is 6. The van der Waals surface area contributed by atoms with E-state index in [0.717, 1.165) is 44.1 Å². The zero-order chi connectivity index (χ0) is 48.7. The van der Waals surface area contributed by atoms with Crippen LogP contribution in [0.4, 0.5) is 0 Å². The van der Waals surface area contributed by atoms with E-state index in [1.807, 2.05) is 143 Å². The lowest BCUT2D eigenvalue weighted by Crippen LogP contribution is -2.60. The van der Waals surface area contributed by atoms with Crippen LogP contribution in [0.15, 0.2) is 122 Å². The third kappa shape index (κ3) is 13.9. The fraction of sp³-hybridized carbons (Fsp3) is 0.358. The molecule has 15 nitrogen and oxygen atoms in total. The number of likely N-dealkylation sites (N-methyl/N-ethyl adjacent to an activating group) is 1. The summed E-state index contributed by atoms with van der Waals surface area (Å²) in [7, 11) is 1.69. The van der Waals surface area contributed by atoms with Crippen molar-refractivity contribution in [3.05, 3.63) is 144 Å². The molecule has 0 saturated carbocycles. The summed E-state index contributed by atoms with van der Waals surface area (Å²) in [5, 5.41) is 19.3. The van der Waals surface area contributed by atoms with Gasteiger partial charge >= 0.3 is 0 Å². The summed E-state index contributed by atoms with van der Waals surface area (Å²) in [4.78, 5) is 91.0. The molecule has 2 aromatic heterocycles. The number of aromatic amines is 2. The lowest BCUT2D eigenvalue weighted by molar-refractivity contribution is -0.135. The molecule has 0 aliphatic carbocycles. The number of fused-ring (bicyclic) bond motifs is 2. The van der Waals surface area contributed by atoms with Gasteiger partial charge in [0.2, 0.25) is 35.4 Å². The summed E-state index contributed by atoms with van der Waals surface area (Å²) in [5.74, 6) is -3.56. The number of hydrogen-bond donors (Lipinski definition) is 9. The normalized spacial score (nSPS) is 14.1. The van der Waals surface area contributed by atoms with Crippen molar-refractivity contribution < 1.29 is 28.8 Å². The number of hydrogen-bond acceptors (Lipinski definition) is 7. The quantitative estimate of drug-likeness (QED) is 0.0421. The number of para-hydroxylation sites is 2. The number of H-pyrrole nitrogens is 2. The average molecular weight is 924 g/mol. The van der Waals surface area contributed by atoms with Crippen molar-refractivity contribution in [2.75, 3.05) is 7.05 Å². The van der Waals surface area contributed by atoms with E-state index in [1.165, 1.54) is 0 Å². The highest BCUT2D eigenvalue weighted by atomic mass is 16.2. The fourth-order valence-electron chi connectivity index (χ4n) is 8.48. The Kier molecular flexibility index (Phi) is 17.7. The van der Waals surface area contributed by atoms with Crippen molar-refractivity contribution in [3.8, 4) is 0 Å². The van der Waals surface area contributed by atoms with Crippen LogP contribution in [0.3, 0.4) is 0 Å². The molecule has 6 atom stereocenters. The van der Waals surface area contributed by atoms with E-state index in [0.29, 0.717) is 12.8 Å². The van der Waals surface area contributed by atoms with Crippen LogP contribution in [0.25, 0.3) is 21.8 Å². The molecule has 0 spiro atoms. The summed E-state index contributed by atoms with van der Waals surface area (Å²) >= 11 is 0. The minimum atomic E-state index is -1.24. The van der Waals surface area contributed by atoms with Crippen LogP contribution in [0, 0.1) is 11.8 Å². The first-order chi connectivity index (χ1) is 32.7. The van der Waals surface area contributed by atoms with E-state index >= 15 is 0 Å². The molecule has 68 heavy (non-hydrogen) atoms. The highest BCUT2D eigenvalue weighted by Gasteiger charge is 2.34. The van der Waals surface area contributed by atoms with Gasteiger partial charge in [-0.15, -0.1) is 0 Å². The van der Waals surface area contributed by atoms with E-state index < -0.39 is 71.7 Å². The third-order valence-corrected chi connectivity index (χ3v) is 12.0. The first-order valence-electron chi connectivity index (χ1n) is 23.3. The minimum absolute atomic E-state index is 0.0208. The standard InChI is InChI=1S/C53H65N9O6/c1-32(2)24-42(48(54)63)58-50(65)44(25-33(3)4)59-52(67)47(29-37-31-57-41-23-15-13-21-39(37)41)62-51(66)45(27-35-18-10-7-11-19-35)60-53(68)46(28-36-30-56-40-22-14-12-20-38(36)40)61-49(64)43(55-5)26-34-16-8-6-9-17-34/h6-23,30-33,42-47,55-57H,24-29H2,1-5H3,(H2,54,63)(H,58,65)(H,59,67)(H,60,68)(H,61,64)(H,62,66)/t42-,43+,44-,45-,46+,47+/m0/s1. The Morgan fingerprint density at radius 1 is 0.441 bits per heavy atom. The van der Waals surface area contributed by atoms with E-state index in [4.69, 9.17) is 5.73 Å². The van der Waals surface area contributed by atoms with Gasteiger partial charge in [0.1, 0.15) is 30.2 Å². The van der Waals surface area contributed by atoms with Crippen molar-refractivity contribution in [1.29, 1.82) is 0 Å². The second-order valence-corrected chi connectivity index (χ2v) is 18.3. The lowest BCUT2D eigenvalue weighted by Gasteiger charge is -2.28. The predicted octanol–water partition coefficient (Wildman–Crippen LogP) is 4.51. The van der Waals surface area contributed by atoms with Crippen LogP contribution >= 0.6 is 0 Å². The molecule has 0 unspecified atom stereocenters. The van der Waals surface area contributed by atoms with Crippen LogP contribution in [0.1, 0.15) is 62.8 Å². The SMILES string of the molecule is CN[C@H](Cc1ccccc1)C(=O)N[C@H](Cc1c[nH]c2ccccc12)C(=O)N[C@@H](Cc1ccccc1)C(=O)N[C@H](Cc1c[nH]c2ccccc12)C(=O)N[C@@H](CC(C)C)C(=O)N[C@@H](CC(C)C)C(N)=O. The monoisotopic (exact) mass is 924 g/mol. The van der Waals surface area contributed by atoms with Crippen molar-refractivity contribution in [1.82, 2.24) is 41.9 Å². The summed E-state index contributed by atoms with van der Waals surface area (Å²) in [6.07, 6.45) is 4.66. The van der Waals surface area contributed by atoms with E-state index in [2.05, 4.69) is 41.9 Å². The van der Waals surface area contributed by atoms with Gasteiger partial charge in [0.15, 0.2) is 0 Å². The Hall–Kier alpha value is -7.26. The first kappa shape index (κ1) is 50.2. The highest BCUT2D eigenvalue weighted by Crippen LogP contribution is 2.22. The summed E-state index contributed by atoms with van der Waals surface area (Å²) < 4.78 is 0. The maximum Gasteiger partial charge on any atom is 0.243 e. The number of primary amides is 1. The molecule has 6 rings (SSSR count). The molecule has 15 heteroatoms. The largest absolute Gasteiger partial charge is 0.368 e. The van der Waals surface area contributed by atoms with Crippen LogP contribution in [-0.4, -0.2) is 88.7 Å². The maximum atomic E-state index is 14.9. The zero-order valence-corrected chi connectivity index (χ0v) is 39.4. The molecule has 2 heterocycles. The third-order valence-electron chi connectivity index (χ3n) is 12.0. The fourth-order valence-corrected chi connectivity index (χ4v) is 8.48. The van der Waals surface area contributed by atoms with Crippen molar-refractivity contribution in [2.24, 2.45) is 17.6 Å².